The van der Waals surface area contributed by atoms with Crippen LogP contribution in [-0.4, -0.2) is 31.9 Å². The summed E-state index contributed by atoms with van der Waals surface area (Å²) in [5.74, 6) is -1.86. The van der Waals surface area contributed by atoms with Crippen LogP contribution in [0.3, 0.4) is 0 Å². The van der Waals surface area contributed by atoms with Gasteiger partial charge in [-0.25, -0.2) is 22.6 Å². The van der Waals surface area contributed by atoms with Gasteiger partial charge in [0.05, 0.1) is 16.9 Å². The van der Waals surface area contributed by atoms with Crippen molar-refractivity contribution in [2.45, 2.75) is 4.21 Å². The quantitative estimate of drug-likeness (QED) is 0.330. The molecule has 0 saturated carbocycles. The maximum atomic E-state index is 13.1. The van der Waals surface area contributed by atoms with Gasteiger partial charge in [-0.1, -0.05) is 18.2 Å². The third-order valence-corrected chi connectivity index (χ3v) is 7.90. The normalized spacial score (nSPS) is 11.1. The number of para-hydroxylation sites is 1. The first kappa shape index (κ1) is 23.5. The largest absolute Gasteiger partial charge is 0.452 e. The summed E-state index contributed by atoms with van der Waals surface area (Å²) in [4.78, 5) is 29.0. The average molecular weight is 518 g/mol. The summed E-state index contributed by atoms with van der Waals surface area (Å²) in [6.45, 7) is -0.601. The van der Waals surface area contributed by atoms with E-state index in [-0.39, 0.29) is 26.4 Å². The van der Waals surface area contributed by atoms with Crippen molar-refractivity contribution in [2.24, 2.45) is 0 Å². The van der Waals surface area contributed by atoms with Crippen LogP contribution in [0.15, 0.2) is 75.6 Å². The zero-order valence-corrected chi connectivity index (χ0v) is 19.7. The number of thiophene rings is 1. The van der Waals surface area contributed by atoms with Crippen LogP contribution in [0.25, 0.3) is 11.3 Å². The van der Waals surface area contributed by atoms with Crippen LogP contribution >= 0.6 is 22.7 Å². The Hall–Kier alpha value is -3.61. The molecule has 1 amide bonds. The topological polar surface area (TPSA) is 114 Å². The third-order valence-electron chi connectivity index (χ3n) is 4.38. The lowest BCUT2D eigenvalue weighted by Gasteiger charge is -2.11. The highest BCUT2D eigenvalue weighted by molar-refractivity contribution is 7.94. The van der Waals surface area contributed by atoms with Crippen molar-refractivity contribution < 1.29 is 27.1 Å². The Kier molecular flexibility index (Phi) is 7.01. The Labute approximate surface area is 202 Å². The summed E-state index contributed by atoms with van der Waals surface area (Å²) in [5.41, 5.74) is 1.24. The van der Waals surface area contributed by atoms with E-state index >= 15 is 0 Å². The molecule has 2 aromatic heterocycles. The molecule has 4 rings (SSSR count). The molecule has 0 spiro atoms. The van der Waals surface area contributed by atoms with Gasteiger partial charge in [-0.15, -0.1) is 22.7 Å². The number of carbonyl (C=O) groups excluding carboxylic acids is 2. The summed E-state index contributed by atoms with van der Waals surface area (Å²) in [6.07, 6.45) is 0. The molecule has 0 unspecified atom stereocenters. The Morgan fingerprint density at radius 1 is 1.00 bits per heavy atom. The molecule has 0 atom stereocenters. The van der Waals surface area contributed by atoms with E-state index in [2.05, 4.69) is 15.0 Å². The number of rotatable bonds is 8. The minimum Gasteiger partial charge on any atom is -0.452 e. The lowest BCUT2D eigenvalue weighted by atomic mass is 10.2. The second-order valence-corrected chi connectivity index (χ2v) is 10.5. The first-order valence-electron chi connectivity index (χ1n) is 9.65. The fourth-order valence-corrected chi connectivity index (χ4v) is 5.62. The summed E-state index contributed by atoms with van der Waals surface area (Å²) in [5, 5.41) is 6.13. The zero-order chi connectivity index (χ0) is 24.1. The van der Waals surface area contributed by atoms with Gasteiger partial charge in [-0.05, 0) is 47.8 Å². The van der Waals surface area contributed by atoms with E-state index < -0.39 is 28.5 Å². The van der Waals surface area contributed by atoms with Crippen molar-refractivity contribution in [3.63, 3.8) is 0 Å². The van der Waals surface area contributed by atoms with E-state index in [4.69, 9.17) is 4.74 Å². The number of esters is 1. The molecule has 2 aromatic carbocycles. The Bertz CT molecular complexity index is 1420. The maximum Gasteiger partial charge on any atom is 0.340 e. The molecule has 2 heterocycles. The van der Waals surface area contributed by atoms with Crippen LogP contribution < -0.4 is 10.0 Å². The summed E-state index contributed by atoms with van der Waals surface area (Å²) >= 11 is 2.20. The molecule has 0 bridgehead atoms. The summed E-state index contributed by atoms with van der Waals surface area (Å²) in [6, 6.07) is 14.7. The molecule has 0 aliphatic rings. The molecule has 174 valence electrons. The number of thiazole rings is 1. The maximum absolute atomic E-state index is 13.1. The minimum absolute atomic E-state index is 0.0326. The Morgan fingerprint density at radius 3 is 2.50 bits per heavy atom. The van der Waals surface area contributed by atoms with Gasteiger partial charge < -0.3 is 4.74 Å². The number of ether oxygens (including phenoxy) is 1. The first-order valence-corrected chi connectivity index (χ1v) is 12.9. The molecule has 4 aromatic rings. The van der Waals surface area contributed by atoms with Gasteiger partial charge in [0.25, 0.3) is 15.9 Å². The molecular weight excluding hydrogens is 501 g/mol. The number of sulfonamides is 1. The molecule has 0 saturated heterocycles. The van der Waals surface area contributed by atoms with Gasteiger partial charge in [0.15, 0.2) is 11.7 Å². The molecule has 34 heavy (non-hydrogen) atoms. The van der Waals surface area contributed by atoms with E-state index in [1.54, 1.807) is 41.1 Å². The minimum atomic E-state index is -3.87. The van der Waals surface area contributed by atoms with Crippen molar-refractivity contribution in [3.8, 4) is 11.3 Å². The van der Waals surface area contributed by atoms with Crippen molar-refractivity contribution in [3.05, 3.63) is 82.8 Å². The number of hydrogen-bond acceptors (Lipinski definition) is 8. The third kappa shape index (κ3) is 5.65. The van der Waals surface area contributed by atoms with Crippen molar-refractivity contribution >= 4 is 55.4 Å². The molecule has 0 fully saturated rings. The lowest BCUT2D eigenvalue weighted by Crippen LogP contribution is -2.22. The van der Waals surface area contributed by atoms with Crippen LogP contribution in [-0.2, 0) is 19.6 Å². The average Bonchev–Trinajstić information content (AvgIpc) is 3.51. The Morgan fingerprint density at radius 2 is 1.76 bits per heavy atom. The van der Waals surface area contributed by atoms with Crippen LogP contribution in [0.5, 0.6) is 0 Å². The number of amides is 1. The van der Waals surface area contributed by atoms with Crippen molar-refractivity contribution in [1.29, 1.82) is 0 Å². The molecule has 12 heteroatoms. The van der Waals surface area contributed by atoms with Crippen LogP contribution in [0.1, 0.15) is 10.4 Å². The van der Waals surface area contributed by atoms with Gasteiger partial charge in [0.1, 0.15) is 10.0 Å². The smallest absolute Gasteiger partial charge is 0.340 e. The van der Waals surface area contributed by atoms with Gasteiger partial charge >= 0.3 is 5.97 Å². The molecule has 0 aliphatic heterocycles. The number of nitrogens with zero attached hydrogens (tertiary/aromatic N) is 1. The SMILES string of the molecule is O=C(COC(=O)c1ccccc1NS(=O)(=O)c1cccs1)Nc1nc(-c2ccc(F)cc2)cs1. The molecule has 8 nitrogen and oxygen atoms in total. The predicted octanol–water partition coefficient (Wildman–Crippen LogP) is 4.61. The van der Waals surface area contributed by atoms with Gasteiger partial charge in [0.2, 0.25) is 0 Å². The second kappa shape index (κ2) is 10.1. The van der Waals surface area contributed by atoms with E-state index in [1.165, 1.54) is 30.3 Å². The molecule has 0 radical (unpaired) electrons. The van der Waals surface area contributed by atoms with E-state index in [9.17, 15) is 22.4 Å². The number of aromatic nitrogens is 1. The highest BCUT2D eigenvalue weighted by Gasteiger charge is 2.21. The number of nitrogens with one attached hydrogen (secondary N) is 2. The monoisotopic (exact) mass is 517 g/mol. The van der Waals surface area contributed by atoms with Gasteiger partial charge in [0, 0.05) is 10.9 Å². The number of halogens is 1. The molecule has 2 N–H and O–H groups in total. The number of carbonyl (C=O) groups is 2. The zero-order valence-electron chi connectivity index (χ0n) is 17.2. The van der Waals surface area contributed by atoms with Crippen LogP contribution in [0.2, 0.25) is 0 Å². The molecule has 0 aliphatic carbocycles. The summed E-state index contributed by atoms with van der Waals surface area (Å²) < 4.78 is 45.6. The van der Waals surface area contributed by atoms with Crippen molar-refractivity contribution in [2.75, 3.05) is 16.6 Å². The fraction of sp³-hybridized carbons (Fsp3) is 0.0455. The van der Waals surface area contributed by atoms with Gasteiger partial charge in [-0.2, -0.15) is 0 Å². The number of hydrogen-bond donors (Lipinski definition) is 2. The lowest BCUT2D eigenvalue weighted by molar-refractivity contribution is -0.119. The Balaban J connectivity index is 1.37. The first-order chi connectivity index (χ1) is 16.3. The number of anilines is 2. The second-order valence-electron chi connectivity index (χ2n) is 6.75. The van der Waals surface area contributed by atoms with Crippen LogP contribution in [0, 0.1) is 5.82 Å². The van der Waals surface area contributed by atoms with E-state index in [1.807, 2.05) is 0 Å². The highest BCUT2D eigenvalue weighted by atomic mass is 32.2. The standard InChI is InChI=1S/C22H16FN3O5S3/c23-15-9-7-14(8-10-15)18-13-33-22(24-18)25-19(27)12-31-21(28)16-4-1-2-5-17(16)26-34(29,30)20-6-3-11-32-20/h1-11,13,26H,12H2,(H,24,25,27). The molecular formula is C22H16FN3O5S3. The van der Waals surface area contributed by atoms with E-state index in [0.29, 0.717) is 11.3 Å². The summed E-state index contributed by atoms with van der Waals surface area (Å²) in [7, 11) is -3.87. The van der Waals surface area contributed by atoms with E-state index in [0.717, 1.165) is 22.7 Å². The van der Waals surface area contributed by atoms with Crippen LogP contribution in [0.4, 0.5) is 15.2 Å². The highest BCUT2D eigenvalue weighted by Crippen LogP contribution is 2.25. The van der Waals surface area contributed by atoms with Crippen molar-refractivity contribution in [1.82, 2.24) is 4.98 Å². The van der Waals surface area contributed by atoms with Gasteiger partial charge in [-0.3, -0.25) is 14.8 Å². The predicted molar refractivity (Wildman–Crippen MR) is 128 cm³/mol. The number of benzene rings is 2. The fourth-order valence-electron chi connectivity index (χ4n) is 2.81.